The van der Waals surface area contributed by atoms with Crippen LogP contribution in [0.4, 0.5) is 5.69 Å². The van der Waals surface area contributed by atoms with Crippen LogP contribution in [0.1, 0.15) is 81.3 Å². The molecule has 0 aliphatic carbocycles. The maximum Gasteiger partial charge on any atom is 0.161 e. The molecule has 0 aromatic heterocycles. The highest BCUT2D eigenvalue weighted by atomic mass is 16.6. The highest BCUT2D eigenvalue weighted by Gasteiger charge is 2.14. The molecule has 228 valence electrons. The predicted octanol–water partition coefficient (Wildman–Crippen LogP) is 8.84. The Hall–Kier alpha value is -2.98. The predicted molar refractivity (Wildman–Crippen MR) is 176 cm³/mol. The van der Waals surface area contributed by atoms with Crippen LogP contribution in [-0.2, 0) is 43.6 Å². The van der Waals surface area contributed by atoms with Crippen molar-refractivity contribution < 1.29 is 14.2 Å². The van der Waals surface area contributed by atoms with E-state index in [0.29, 0.717) is 19.1 Å². The summed E-state index contributed by atoms with van der Waals surface area (Å²) in [6.07, 6.45) is 6.01. The van der Waals surface area contributed by atoms with Crippen LogP contribution in [0.2, 0.25) is 0 Å². The molecule has 0 bridgehead atoms. The minimum absolute atomic E-state index is 0.663. The zero-order valence-corrected chi connectivity index (χ0v) is 27.2. The number of aryl methyl sites for hydroxylation is 1. The molecule has 3 aromatic carbocycles. The minimum Gasteiger partial charge on any atom is -0.486 e. The van der Waals surface area contributed by atoms with E-state index in [9.17, 15) is 0 Å². The van der Waals surface area contributed by atoms with E-state index in [2.05, 4.69) is 102 Å². The molecule has 3 heterocycles. The maximum absolute atomic E-state index is 5.52. The van der Waals surface area contributed by atoms with Gasteiger partial charge in [-0.25, -0.2) is 0 Å². The molecule has 0 N–H and O–H groups in total. The first kappa shape index (κ1) is 31.9. The standard InChI is InChI=1S/C14H21N.C12H16O2.C12H16O/c1-11(2)9-12-6-7-13-5-4-8-15(3)14(13)10-12;1-9(2)7-10-3-4-11-12(8-10)14-6-5-13-11;1-9(2)5-10-3-4-11-7-13-8-12(11)6-10/h6-7,10-11H,4-5,8-9H2,1-3H3;3-4,8-9H,5-7H2,1-2H3;3-4,6,9H,5,7-8H2,1-2H3. The van der Waals surface area contributed by atoms with Crippen molar-refractivity contribution in [3.63, 3.8) is 0 Å². The van der Waals surface area contributed by atoms with Crippen molar-refractivity contribution in [1.82, 2.24) is 0 Å². The van der Waals surface area contributed by atoms with Gasteiger partial charge in [0.2, 0.25) is 0 Å². The summed E-state index contributed by atoms with van der Waals surface area (Å²) in [6.45, 7) is 17.7. The van der Waals surface area contributed by atoms with Gasteiger partial charge in [0, 0.05) is 19.3 Å². The van der Waals surface area contributed by atoms with E-state index in [1.165, 1.54) is 71.3 Å². The van der Waals surface area contributed by atoms with Crippen LogP contribution >= 0.6 is 0 Å². The molecule has 0 radical (unpaired) electrons. The van der Waals surface area contributed by atoms with Crippen LogP contribution in [0, 0.1) is 17.8 Å². The van der Waals surface area contributed by atoms with Gasteiger partial charge in [0.15, 0.2) is 11.5 Å². The van der Waals surface area contributed by atoms with Crippen LogP contribution in [0.25, 0.3) is 0 Å². The van der Waals surface area contributed by atoms with Crippen molar-refractivity contribution >= 4 is 5.69 Å². The van der Waals surface area contributed by atoms with Crippen LogP contribution in [0.3, 0.4) is 0 Å². The third kappa shape index (κ3) is 9.52. The summed E-state index contributed by atoms with van der Waals surface area (Å²) < 4.78 is 16.4. The molecule has 0 spiro atoms. The number of fused-ring (bicyclic) bond motifs is 3. The minimum atomic E-state index is 0.663. The average Bonchev–Trinajstić information content (AvgIpc) is 3.41. The Morgan fingerprint density at radius 1 is 0.619 bits per heavy atom. The Morgan fingerprint density at radius 3 is 1.83 bits per heavy atom. The second-order valence-corrected chi connectivity index (χ2v) is 13.4. The monoisotopic (exact) mass is 571 g/mol. The topological polar surface area (TPSA) is 30.9 Å². The average molecular weight is 572 g/mol. The lowest BCUT2D eigenvalue weighted by atomic mass is 9.96. The Bertz CT molecular complexity index is 1280. The third-order valence-corrected chi connectivity index (χ3v) is 7.82. The van der Waals surface area contributed by atoms with Crippen molar-refractivity contribution in [3.05, 3.63) is 88.0 Å². The molecule has 0 fully saturated rings. The van der Waals surface area contributed by atoms with E-state index >= 15 is 0 Å². The molecule has 42 heavy (non-hydrogen) atoms. The quantitative estimate of drug-likeness (QED) is 0.296. The fourth-order valence-corrected chi connectivity index (χ4v) is 5.91. The first-order valence-corrected chi connectivity index (χ1v) is 16.1. The Balaban J connectivity index is 0.000000145. The summed E-state index contributed by atoms with van der Waals surface area (Å²) in [6, 6.07) is 20.0. The smallest absolute Gasteiger partial charge is 0.161 e. The summed E-state index contributed by atoms with van der Waals surface area (Å²) >= 11 is 0. The van der Waals surface area contributed by atoms with Gasteiger partial charge in [-0.05, 0) is 101 Å². The van der Waals surface area contributed by atoms with Crippen LogP contribution in [0.15, 0.2) is 54.6 Å². The van der Waals surface area contributed by atoms with Crippen molar-refractivity contribution in [2.45, 2.75) is 86.9 Å². The lowest BCUT2D eigenvalue weighted by molar-refractivity contribution is 0.134. The molecule has 3 aliphatic rings. The van der Waals surface area contributed by atoms with E-state index in [0.717, 1.165) is 43.0 Å². The van der Waals surface area contributed by atoms with Gasteiger partial charge in [-0.15, -0.1) is 0 Å². The van der Waals surface area contributed by atoms with E-state index in [-0.39, 0.29) is 0 Å². The van der Waals surface area contributed by atoms with Crippen LogP contribution in [0.5, 0.6) is 11.5 Å². The van der Waals surface area contributed by atoms with Crippen LogP contribution < -0.4 is 14.4 Å². The first-order valence-electron chi connectivity index (χ1n) is 16.1. The lowest BCUT2D eigenvalue weighted by Crippen LogP contribution is -2.24. The Kier molecular flexibility index (Phi) is 11.8. The molecule has 0 unspecified atom stereocenters. The molecule has 4 heteroatoms. The number of anilines is 1. The SMILES string of the molecule is CC(C)Cc1ccc2c(c1)COC2.CC(C)Cc1ccc2c(c1)N(C)CCC2.CC(C)Cc1ccc2c(c1)OCCO2. The van der Waals surface area contributed by atoms with Crippen molar-refractivity contribution in [2.75, 3.05) is 31.7 Å². The first-order chi connectivity index (χ1) is 20.2. The van der Waals surface area contributed by atoms with Crippen molar-refractivity contribution in [1.29, 1.82) is 0 Å². The molecule has 0 amide bonds. The van der Waals surface area contributed by atoms with E-state index in [1.54, 1.807) is 0 Å². The number of ether oxygens (including phenoxy) is 3. The summed E-state index contributed by atoms with van der Waals surface area (Å²) in [4.78, 5) is 2.39. The molecule has 3 aliphatic heterocycles. The fraction of sp³-hybridized carbons (Fsp3) is 0.526. The van der Waals surface area contributed by atoms with Gasteiger partial charge >= 0.3 is 0 Å². The summed E-state index contributed by atoms with van der Waals surface area (Å²) in [5.74, 6) is 3.94. The van der Waals surface area contributed by atoms with Crippen molar-refractivity contribution in [2.24, 2.45) is 17.8 Å². The molecule has 0 saturated heterocycles. The van der Waals surface area contributed by atoms with Crippen molar-refractivity contribution in [3.8, 4) is 11.5 Å². The van der Waals surface area contributed by atoms with Gasteiger partial charge in [-0.3, -0.25) is 0 Å². The highest BCUT2D eigenvalue weighted by molar-refractivity contribution is 5.56. The van der Waals surface area contributed by atoms with Gasteiger partial charge in [0.25, 0.3) is 0 Å². The maximum atomic E-state index is 5.52. The number of hydrogen-bond acceptors (Lipinski definition) is 4. The molecule has 6 rings (SSSR count). The fourth-order valence-electron chi connectivity index (χ4n) is 5.91. The van der Waals surface area contributed by atoms with E-state index in [1.807, 2.05) is 6.07 Å². The number of nitrogens with zero attached hydrogens (tertiary/aromatic N) is 1. The second-order valence-electron chi connectivity index (χ2n) is 13.4. The molecular formula is C38H53NO3. The van der Waals surface area contributed by atoms with Gasteiger partial charge in [0.05, 0.1) is 13.2 Å². The van der Waals surface area contributed by atoms with Gasteiger partial charge in [-0.2, -0.15) is 0 Å². The highest BCUT2D eigenvalue weighted by Crippen LogP contribution is 2.31. The van der Waals surface area contributed by atoms with E-state index < -0.39 is 0 Å². The molecule has 3 aromatic rings. The second kappa shape index (κ2) is 15.5. The Morgan fingerprint density at radius 2 is 1.17 bits per heavy atom. The summed E-state index contributed by atoms with van der Waals surface area (Å²) in [5.41, 5.74) is 9.99. The zero-order valence-electron chi connectivity index (χ0n) is 27.2. The van der Waals surface area contributed by atoms with E-state index in [4.69, 9.17) is 14.2 Å². The zero-order chi connectivity index (χ0) is 30.1. The third-order valence-electron chi connectivity index (χ3n) is 7.82. The number of hydrogen-bond donors (Lipinski definition) is 0. The molecular weight excluding hydrogens is 518 g/mol. The Labute approximate surface area is 255 Å². The van der Waals surface area contributed by atoms with Gasteiger partial charge in [-0.1, -0.05) is 77.9 Å². The van der Waals surface area contributed by atoms with Gasteiger partial charge in [0.1, 0.15) is 13.2 Å². The number of rotatable bonds is 6. The van der Waals surface area contributed by atoms with Gasteiger partial charge < -0.3 is 19.1 Å². The summed E-state index contributed by atoms with van der Waals surface area (Å²) in [5, 5.41) is 0. The summed E-state index contributed by atoms with van der Waals surface area (Å²) in [7, 11) is 2.21. The number of benzene rings is 3. The molecule has 0 saturated carbocycles. The largest absolute Gasteiger partial charge is 0.486 e. The molecule has 0 atom stereocenters. The lowest BCUT2D eigenvalue weighted by Gasteiger charge is -2.28. The normalized spacial score (nSPS) is 15.0. The molecule has 4 nitrogen and oxygen atoms in total. The van der Waals surface area contributed by atoms with Crippen LogP contribution in [-0.4, -0.2) is 26.8 Å².